The fourth-order valence-corrected chi connectivity index (χ4v) is 5.59. The Balaban J connectivity index is 1.29. The van der Waals surface area contributed by atoms with Gasteiger partial charge in [0.05, 0.1) is 32.4 Å². The summed E-state index contributed by atoms with van der Waals surface area (Å²) in [7, 11) is 4.90. The average molecular weight is 478 g/mol. The minimum absolute atomic E-state index is 0.121. The Labute approximate surface area is 206 Å². The number of hydrogen-bond acceptors (Lipinski definition) is 5. The molecule has 1 aromatic heterocycles. The molecule has 3 aromatic rings. The third-order valence-corrected chi connectivity index (χ3v) is 7.45. The minimum atomic E-state index is 0.121. The highest BCUT2D eigenvalue weighted by atomic mass is 16.5. The molecule has 0 unspecified atom stereocenters. The molecule has 0 bridgehead atoms. The summed E-state index contributed by atoms with van der Waals surface area (Å²) in [4.78, 5) is 21.5. The summed E-state index contributed by atoms with van der Waals surface area (Å²) in [5.74, 6) is 2.08. The van der Waals surface area contributed by atoms with E-state index in [2.05, 4.69) is 16.0 Å². The Hall–Kier alpha value is -3.19. The third kappa shape index (κ3) is 4.45. The molecule has 186 valence electrons. The second kappa shape index (κ2) is 10.2. The number of H-pyrrole nitrogens is 1. The highest BCUT2D eigenvalue weighted by Gasteiger charge is 2.26. The van der Waals surface area contributed by atoms with Crippen molar-refractivity contribution >= 4 is 16.8 Å². The van der Waals surface area contributed by atoms with Crippen LogP contribution in [-0.4, -0.2) is 68.2 Å². The predicted octanol–water partition coefficient (Wildman–Crippen LogP) is 4.42. The molecule has 7 heteroatoms. The van der Waals surface area contributed by atoms with Gasteiger partial charge in [0, 0.05) is 49.4 Å². The molecule has 0 spiro atoms. The first kappa shape index (κ1) is 23.5. The van der Waals surface area contributed by atoms with Crippen LogP contribution in [0.15, 0.2) is 30.3 Å². The SMILES string of the molecule is COc1ccc(CN2CCN(C(=O)c3cccc4c5c([nH]c34)CCCCC5)CC2)c(OC)c1OC. The molecular formula is C28H35N3O4. The second-order valence-corrected chi connectivity index (χ2v) is 9.43. The zero-order valence-electron chi connectivity index (χ0n) is 21.0. The first-order chi connectivity index (χ1) is 17.1. The number of methoxy groups -OCH3 is 3. The van der Waals surface area contributed by atoms with Crippen molar-refractivity contribution in [1.29, 1.82) is 0 Å². The average Bonchev–Trinajstić information content (AvgIpc) is 3.08. The van der Waals surface area contributed by atoms with E-state index in [0.717, 1.165) is 49.1 Å². The lowest BCUT2D eigenvalue weighted by Gasteiger charge is -2.35. The van der Waals surface area contributed by atoms with Crippen LogP contribution in [0, 0.1) is 0 Å². The number of piperazine rings is 1. The van der Waals surface area contributed by atoms with Gasteiger partial charge < -0.3 is 24.1 Å². The van der Waals surface area contributed by atoms with Gasteiger partial charge in [-0.05, 0) is 43.4 Å². The third-order valence-electron chi connectivity index (χ3n) is 7.45. The van der Waals surface area contributed by atoms with Crippen molar-refractivity contribution in [3.05, 3.63) is 52.7 Å². The number of carbonyl (C=O) groups is 1. The lowest BCUT2D eigenvalue weighted by Crippen LogP contribution is -2.48. The quantitative estimate of drug-likeness (QED) is 0.533. The van der Waals surface area contributed by atoms with Crippen molar-refractivity contribution in [1.82, 2.24) is 14.8 Å². The molecule has 7 nitrogen and oxygen atoms in total. The Morgan fingerprint density at radius 3 is 2.40 bits per heavy atom. The Bertz CT molecular complexity index is 1210. The lowest BCUT2D eigenvalue weighted by atomic mass is 10.0. The fourth-order valence-electron chi connectivity index (χ4n) is 5.59. The smallest absolute Gasteiger partial charge is 0.256 e. The van der Waals surface area contributed by atoms with Crippen molar-refractivity contribution in [2.45, 2.75) is 38.6 Å². The summed E-state index contributed by atoms with van der Waals surface area (Å²) in [5, 5.41) is 1.23. The zero-order chi connectivity index (χ0) is 24.4. The Morgan fingerprint density at radius 2 is 1.66 bits per heavy atom. The number of aryl methyl sites for hydroxylation is 2. The fraction of sp³-hybridized carbons (Fsp3) is 0.464. The number of amides is 1. The number of aromatic nitrogens is 1. The molecule has 2 heterocycles. The summed E-state index contributed by atoms with van der Waals surface area (Å²) in [6, 6.07) is 10.1. The van der Waals surface area contributed by atoms with E-state index in [-0.39, 0.29) is 5.91 Å². The molecule has 1 aliphatic carbocycles. The number of para-hydroxylation sites is 1. The van der Waals surface area contributed by atoms with Gasteiger partial charge in [0.15, 0.2) is 11.5 Å². The van der Waals surface area contributed by atoms with Crippen molar-refractivity contribution in [3.8, 4) is 17.2 Å². The summed E-state index contributed by atoms with van der Waals surface area (Å²) in [6.45, 7) is 3.74. The molecule has 0 atom stereocenters. The van der Waals surface area contributed by atoms with E-state index in [1.54, 1.807) is 21.3 Å². The van der Waals surface area contributed by atoms with Crippen LogP contribution in [0.1, 0.15) is 46.4 Å². The summed E-state index contributed by atoms with van der Waals surface area (Å²) < 4.78 is 16.6. The maximum Gasteiger partial charge on any atom is 0.256 e. The number of aromatic amines is 1. The van der Waals surface area contributed by atoms with E-state index in [4.69, 9.17) is 14.2 Å². The molecule has 1 fully saturated rings. The van der Waals surface area contributed by atoms with Gasteiger partial charge in [0.2, 0.25) is 5.75 Å². The van der Waals surface area contributed by atoms with Crippen molar-refractivity contribution < 1.29 is 19.0 Å². The number of carbonyl (C=O) groups excluding carboxylic acids is 1. The van der Waals surface area contributed by atoms with Crippen molar-refractivity contribution in [2.75, 3.05) is 47.5 Å². The van der Waals surface area contributed by atoms with Gasteiger partial charge >= 0.3 is 0 Å². The van der Waals surface area contributed by atoms with Gasteiger partial charge in [-0.25, -0.2) is 0 Å². The minimum Gasteiger partial charge on any atom is -0.493 e. The van der Waals surface area contributed by atoms with E-state index in [1.165, 1.54) is 35.9 Å². The van der Waals surface area contributed by atoms with Crippen LogP contribution in [0.4, 0.5) is 0 Å². The summed E-state index contributed by atoms with van der Waals surface area (Å²) in [6.07, 6.45) is 5.91. The van der Waals surface area contributed by atoms with Gasteiger partial charge in [-0.1, -0.05) is 24.6 Å². The molecule has 1 amide bonds. The number of nitrogens with one attached hydrogen (secondary N) is 1. The van der Waals surface area contributed by atoms with E-state index >= 15 is 0 Å². The topological polar surface area (TPSA) is 67.0 Å². The molecule has 1 saturated heterocycles. The van der Waals surface area contributed by atoms with Crippen LogP contribution < -0.4 is 14.2 Å². The molecule has 0 saturated carbocycles. The summed E-state index contributed by atoms with van der Waals surface area (Å²) in [5.41, 5.74) is 5.60. The first-order valence-electron chi connectivity index (χ1n) is 12.6. The van der Waals surface area contributed by atoms with E-state index < -0.39 is 0 Å². The van der Waals surface area contributed by atoms with Gasteiger partial charge in [-0.15, -0.1) is 0 Å². The van der Waals surface area contributed by atoms with Gasteiger partial charge in [0.25, 0.3) is 5.91 Å². The van der Waals surface area contributed by atoms with Crippen LogP contribution in [-0.2, 0) is 19.4 Å². The Morgan fingerprint density at radius 1 is 0.886 bits per heavy atom. The van der Waals surface area contributed by atoms with E-state index in [9.17, 15) is 4.79 Å². The van der Waals surface area contributed by atoms with Gasteiger partial charge in [0.1, 0.15) is 0 Å². The molecule has 5 rings (SSSR count). The maximum absolute atomic E-state index is 13.6. The van der Waals surface area contributed by atoms with Crippen molar-refractivity contribution in [2.24, 2.45) is 0 Å². The molecular weight excluding hydrogens is 442 g/mol. The van der Waals surface area contributed by atoms with Crippen molar-refractivity contribution in [3.63, 3.8) is 0 Å². The van der Waals surface area contributed by atoms with Crippen LogP contribution >= 0.6 is 0 Å². The lowest BCUT2D eigenvalue weighted by molar-refractivity contribution is 0.0629. The largest absolute Gasteiger partial charge is 0.493 e. The molecule has 35 heavy (non-hydrogen) atoms. The van der Waals surface area contributed by atoms with Crippen LogP contribution in [0.2, 0.25) is 0 Å². The number of nitrogens with zero attached hydrogens (tertiary/aromatic N) is 2. The molecule has 1 aliphatic heterocycles. The Kier molecular flexibility index (Phi) is 6.86. The van der Waals surface area contributed by atoms with Crippen LogP contribution in [0.25, 0.3) is 10.9 Å². The van der Waals surface area contributed by atoms with E-state index in [0.29, 0.717) is 30.3 Å². The molecule has 2 aliphatic rings. The molecule has 0 radical (unpaired) electrons. The summed E-state index contributed by atoms with van der Waals surface area (Å²) >= 11 is 0. The number of benzene rings is 2. The molecule has 2 aromatic carbocycles. The zero-order valence-corrected chi connectivity index (χ0v) is 21.0. The predicted molar refractivity (Wildman–Crippen MR) is 137 cm³/mol. The monoisotopic (exact) mass is 477 g/mol. The van der Waals surface area contributed by atoms with Crippen LogP contribution in [0.5, 0.6) is 17.2 Å². The van der Waals surface area contributed by atoms with Gasteiger partial charge in [-0.3, -0.25) is 9.69 Å². The number of fused-ring (bicyclic) bond motifs is 3. The maximum atomic E-state index is 13.6. The first-order valence-corrected chi connectivity index (χ1v) is 12.6. The normalized spacial score (nSPS) is 16.6. The highest BCUT2D eigenvalue weighted by Crippen LogP contribution is 2.40. The van der Waals surface area contributed by atoms with Crippen LogP contribution in [0.3, 0.4) is 0 Å². The second-order valence-electron chi connectivity index (χ2n) is 9.43. The number of ether oxygens (including phenoxy) is 3. The highest BCUT2D eigenvalue weighted by molar-refractivity contribution is 6.06. The number of rotatable bonds is 6. The van der Waals surface area contributed by atoms with Gasteiger partial charge in [-0.2, -0.15) is 0 Å². The molecule has 1 N–H and O–H groups in total. The van der Waals surface area contributed by atoms with E-state index in [1.807, 2.05) is 29.2 Å². The number of hydrogen-bond donors (Lipinski definition) is 1. The standard InChI is InChI=1S/C28H35N3O4/c1-33-24-13-12-19(26(34-2)27(24)35-3)18-30-14-16-31(17-15-30)28(32)22-10-7-9-21-20-8-5-4-6-11-23(20)29-25(21)22/h7,9-10,12-13,29H,4-6,8,11,14-18H2,1-3H3.